The Kier molecular flexibility index (Phi) is 7.36. The summed E-state index contributed by atoms with van der Waals surface area (Å²) in [5.74, 6) is 1.37. The average molecular weight is 601 g/mol. The molecule has 0 unspecified atom stereocenters. The molecule has 0 fully saturated rings. The molecule has 0 aliphatic heterocycles. The SMILES string of the molecule is Cc1c(C)c(O)c(/C=C/n2cnc3c(Cc4c(C)c(O)c(C)c(/C=C/n5c(C)nc6ccccc65)c4O)cccc32)c(C)c1O. The van der Waals surface area contributed by atoms with E-state index >= 15 is 0 Å². The second kappa shape index (κ2) is 11.2. The van der Waals surface area contributed by atoms with Crippen LogP contribution in [0.5, 0.6) is 23.0 Å². The molecule has 0 bridgehead atoms. The van der Waals surface area contributed by atoms with Gasteiger partial charge < -0.3 is 29.6 Å². The summed E-state index contributed by atoms with van der Waals surface area (Å²) in [7, 11) is 0. The van der Waals surface area contributed by atoms with Gasteiger partial charge in [0.1, 0.15) is 28.8 Å². The van der Waals surface area contributed by atoms with Crippen LogP contribution in [-0.2, 0) is 6.42 Å². The number of benzene rings is 4. The van der Waals surface area contributed by atoms with Crippen LogP contribution in [0.4, 0.5) is 0 Å². The number of aromatic nitrogens is 4. The van der Waals surface area contributed by atoms with Crippen molar-refractivity contribution in [2.75, 3.05) is 0 Å². The van der Waals surface area contributed by atoms with Crippen LogP contribution in [0, 0.1) is 41.5 Å². The second-order valence-corrected chi connectivity index (χ2v) is 11.6. The highest BCUT2D eigenvalue weighted by Crippen LogP contribution is 2.40. The summed E-state index contributed by atoms with van der Waals surface area (Å²) in [6.07, 6.45) is 9.31. The molecule has 2 heterocycles. The monoisotopic (exact) mass is 600 g/mol. The molecule has 2 aromatic heterocycles. The minimum Gasteiger partial charge on any atom is -0.507 e. The van der Waals surface area contributed by atoms with Gasteiger partial charge in [0.2, 0.25) is 0 Å². The highest BCUT2D eigenvalue weighted by Gasteiger charge is 2.20. The van der Waals surface area contributed by atoms with Gasteiger partial charge >= 0.3 is 0 Å². The molecule has 0 radical (unpaired) electrons. The molecule has 0 saturated heterocycles. The van der Waals surface area contributed by atoms with Crippen molar-refractivity contribution < 1.29 is 20.4 Å². The fourth-order valence-corrected chi connectivity index (χ4v) is 6.06. The summed E-state index contributed by atoms with van der Waals surface area (Å²) in [6, 6.07) is 13.7. The van der Waals surface area contributed by atoms with Crippen molar-refractivity contribution in [3.63, 3.8) is 0 Å². The van der Waals surface area contributed by atoms with E-state index in [1.807, 2.05) is 77.7 Å². The van der Waals surface area contributed by atoms with Crippen LogP contribution in [0.15, 0.2) is 48.8 Å². The topological polar surface area (TPSA) is 117 Å². The molecule has 6 rings (SSSR count). The molecule has 6 aromatic rings. The lowest BCUT2D eigenvalue weighted by molar-refractivity contribution is 0.447. The Balaban J connectivity index is 1.38. The van der Waals surface area contributed by atoms with Crippen molar-refractivity contribution in [3.8, 4) is 23.0 Å². The first kappa shape index (κ1) is 29.6. The molecule has 0 spiro atoms. The number of phenolic OH excluding ortho intramolecular Hbond substituents is 4. The quantitative estimate of drug-likeness (QED) is 0.144. The van der Waals surface area contributed by atoms with E-state index in [0.717, 1.165) is 33.5 Å². The standard InChI is InChI=1S/C37H36N4O4/c1-20-21(2)36(44)27(22(3)34(20)42)14-16-40-19-38-33-26(10-9-13-32(33)40)18-29-24(5)35(43)23(4)28(37(29)45)15-17-41-25(6)39-30-11-7-8-12-31(30)41/h7-17,19,42-45H,18H2,1-6H3/b16-14+,17-15+. The van der Waals surface area contributed by atoms with E-state index in [2.05, 4.69) is 9.97 Å². The van der Waals surface area contributed by atoms with Crippen LogP contribution in [0.2, 0.25) is 0 Å². The Morgan fingerprint density at radius 1 is 0.644 bits per heavy atom. The number of imidazole rings is 2. The molecular weight excluding hydrogens is 564 g/mol. The molecule has 0 saturated carbocycles. The highest BCUT2D eigenvalue weighted by molar-refractivity contribution is 5.85. The lowest BCUT2D eigenvalue weighted by Gasteiger charge is -2.17. The molecule has 0 atom stereocenters. The van der Waals surface area contributed by atoms with Crippen LogP contribution in [0.3, 0.4) is 0 Å². The predicted molar refractivity (Wildman–Crippen MR) is 181 cm³/mol. The zero-order chi connectivity index (χ0) is 32.2. The fourth-order valence-electron chi connectivity index (χ4n) is 6.06. The van der Waals surface area contributed by atoms with Crippen molar-refractivity contribution in [2.45, 2.75) is 48.0 Å². The van der Waals surface area contributed by atoms with Crippen molar-refractivity contribution in [2.24, 2.45) is 0 Å². The maximum Gasteiger partial charge on any atom is 0.127 e. The van der Waals surface area contributed by atoms with Crippen LogP contribution < -0.4 is 0 Å². The predicted octanol–water partition coefficient (Wildman–Crippen LogP) is 7.91. The number of fused-ring (bicyclic) bond motifs is 2. The first-order valence-electron chi connectivity index (χ1n) is 14.8. The number of para-hydroxylation sites is 3. The third-order valence-electron chi connectivity index (χ3n) is 9.01. The van der Waals surface area contributed by atoms with Gasteiger partial charge in [0.05, 0.1) is 28.4 Å². The Hall–Kier alpha value is -5.50. The second-order valence-electron chi connectivity index (χ2n) is 11.6. The van der Waals surface area contributed by atoms with Gasteiger partial charge in [-0.05, 0) is 94.1 Å². The first-order chi connectivity index (χ1) is 21.5. The number of nitrogens with zero attached hydrogens (tertiary/aromatic N) is 4. The zero-order valence-corrected chi connectivity index (χ0v) is 26.2. The van der Waals surface area contributed by atoms with Gasteiger partial charge in [0, 0.05) is 46.6 Å². The number of hydrogen-bond acceptors (Lipinski definition) is 6. The van der Waals surface area contributed by atoms with Gasteiger partial charge in [0.15, 0.2) is 0 Å². The van der Waals surface area contributed by atoms with E-state index < -0.39 is 0 Å². The molecule has 45 heavy (non-hydrogen) atoms. The van der Waals surface area contributed by atoms with E-state index in [1.165, 1.54) is 0 Å². The summed E-state index contributed by atoms with van der Waals surface area (Å²) in [4.78, 5) is 9.30. The third kappa shape index (κ3) is 4.88. The summed E-state index contributed by atoms with van der Waals surface area (Å²) in [5.41, 5.74) is 9.12. The average Bonchev–Trinajstić information content (AvgIpc) is 3.60. The molecule has 8 nitrogen and oxygen atoms in total. The van der Waals surface area contributed by atoms with E-state index in [1.54, 1.807) is 46.3 Å². The molecule has 228 valence electrons. The molecule has 0 amide bonds. The third-order valence-corrected chi connectivity index (χ3v) is 9.01. The Morgan fingerprint density at radius 2 is 1.27 bits per heavy atom. The van der Waals surface area contributed by atoms with Gasteiger partial charge in [0.25, 0.3) is 0 Å². The van der Waals surface area contributed by atoms with Crippen LogP contribution in [0.1, 0.15) is 55.9 Å². The molecule has 8 heteroatoms. The van der Waals surface area contributed by atoms with Gasteiger partial charge in [-0.2, -0.15) is 0 Å². The maximum atomic E-state index is 11.6. The van der Waals surface area contributed by atoms with E-state index in [0.29, 0.717) is 50.9 Å². The summed E-state index contributed by atoms with van der Waals surface area (Å²) in [6.45, 7) is 10.9. The number of rotatable bonds is 6. The van der Waals surface area contributed by atoms with Crippen LogP contribution >= 0.6 is 0 Å². The number of aromatic hydroxyl groups is 4. The molecule has 0 aliphatic rings. The van der Waals surface area contributed by atoms with Crippen LogP contribution in [-0.4, -0.2) is 39.5 Å². The minimum atomic E-state index is 0.109. The summed E-state index contributed by atoms with van der Waals surface area (Å²) in [5, 5.41) is 44.0. The van der Waals surface area contributed by atoms with Gasteiger partial charge in [-0.1, -0.05) is 24.3 Å². The maximum absolute atomic E-state index is 11.6. The Morgan fingerprint density at radius 3 is 2.02 bits per heavy atom. The summed E-state index contributed by atoms with van der Waals surface area (Å²) < 4.78 is 3.82. The van der Waals surface area contributed by atoms with Gasteiger partial charge in [-0.3, -0.25) is 0 Å². The molecule has 4 N–H and O–H groups in total. The van der Waals surface area contributed by atoms with Crippen molar-refractivity contribution >= 4 is 46.6 Å². The minimum absolute atomic E-state index is 0.109. The lowest BCUT2D eigenvalue weighted by atomic mass is 9.92. The van der Waals surface area contributed by atoms with Crippen molar-refractivity contribution in [3.05, 3.63) is 105 Å². The van der Waals surface area contributed by atoms with E-state index in [-0.39, 0.29) is 23.0 Å². The van der Waals surface area contributed by atoms with Crippen molar-refractivity contribution in [1.29, 1.82) is 0 Å². The van der Waals surface area contributed by atoms with Gasteiger partial charge in [-0.25, -0.2) is 9.97 Å². The van der Waals surface area contributed by atoms with E-state index in [4.69, 9.17) is 0 Å². The Bertz CT molecular complexity index is 2170. The van der Waals surface area contributed by atoms with Gasteiger partial charge in [-0.15, -0.1) is 0 Å². The molecular formula is C37H36N4O4. The fraction of sp³-hybridized carbons (Fsp3) is 0.189. The number of phenols is 4. The molecule has 4 aromatic carbocycles. The Labute approximate surface area is 261 Å². The number of aryl methyl sites for hydroxylation is 1. The summed E-state index contributed by atoms with van der Waals surface area (Å²) >= 11 is 0. The normalized spacial score (nSPS) is 12.0. The lowest BCUT2D eigenvalue weighted by Crippen LogP contribution is -1.99. The number of hydrogen-bond donors (Lipinski definition) is 4. The smallest absolute Gasteiger partial charge is 0.127 e. The molecule has 0 aliphatic carbocycles. The first-order valence-corrected chi connectivity index (χ1v) is 14.8. The largest absolute Gasteiger partial charge is 0.507 e. The van der Waals surface area contributed by atoms with Crippen molar-refractivity contribution in [1.82, 2.24) is 19.1 Å². The van der Waals surface area contributed by atoms with E-state index in [9.17, 15) is 20.4 Å². The zero-order valence-electron chi connectivity index (χ0n) is 26.2. The highest BCUT2D eigenvalue weighted by atomic mass is 16.3. The van der Waals surface area contributed by atoms with Crippen LogP contribution in [0.25, 0.3) is 46.6 Å².